The zero-order valence-corrected chi connectivity index (χ0v) is 11.3. The molecule has 0 aliphatic carbocycles. The van der Waals surface area contributed by atoms with Crippen molar-refractivity contribution in [3.8, 4) is 5.75 Å². The lowest BCUT2D eigenvalue weighted by molar-refractivity contribution is -0.274. The average Bonchev–Trinajstić information content (AvgIpc) is 2.88. The van der Waals surface area contributed by atoms with Gasteiger partial charge in [-0.25, -0.2) is 0 Å². The van der Waals surface area contributed by atoms with Gasteiger partial charge in [0.05, 0.1) is 5.69 Å². The second-order valence-electron chi connectivity index (χ2n) is 4.59. The van der Waals surface area contributed by atoms with E-state index in [1.165, 1.54) is 24.3 Å². The van der Waals surface area contributed by atoms with Gasteiger partial charge in [0.15, 0.2) is 0 Å². The molecule has 1 heterocycles. The third-order valence-corrected chi connectivity index (χ3v) is 3.04. The molecule has 3 nitrogen and oxygen atoms in total. The van der Waals surface area contributed by atoms with Crippen molar-refractivity contribution in [2.75, 3.05) is 0 Å². The number of hydrogen-bond donors (Lipinski definition) is 1. The minimum absolute atomic E-state index is 0.265. The van der Waals surface area contributed by atoms with Crippen LogP contribution in [0.2, 0.25) is 0 Å². The maximum absolute atomic E-state index is 12.1. The fraction of sp³-hybridized carbons (Fsp3) is 0.0625. The summed E-state index contributed by atoms with van der Waals surface area (Å²) in [6.07, 6.45) is -1.19. The van der Waals surface area contributed by atoms with Gasteiger partial charge in [0.1, 0.15) is 5.75 Å². The number of ether oxygens (including phenoxy) is 1. The summed E-state index contributed by atoms with van der Waals surface area (Å²) in [6, 6.07) is 13.2. The van der Waals surface area contributed by atoms with Crippen LogP contribution < -0.4 is 4.74 Å². The highest BCUT2D eigenvalue weighted by Gasteiger charge is 2.30. The average molecular weight is 304 g/mol. The number of benzene rings is 2. The number of aliphatic imine (C=N–C) groups is 1. The van der Waals surface area contributed by atoms with Crippen molar-refractivity contribution in [1.82, 2.24) is 4.98 Å². The van der Waals surface area contributed by atoms with Gasteiger partial charge in [-0.15, -0.1) is 13.2 Å². The summed E-state index contributed by atoms with van der Waals surface area (Å²) in [5.74, 6) is -0.265. The molecule has 1 N–H and O–H groups in total. The van der Waals surface area contributed by atoms with Gasteiger partial charge in [-0.3, -0.25) is 4.99 Å². The standard InChI is InChI=1S/C16H11F3N2O/c17-16(18,19)22-13-7-5-12(6-8-13)20-9-11-10-21-15-4-2-1-3-14(11)15/h1-10,21H. The number of halogens is 3. The van der Waals surface area contributed by atoms with Gasteiger partial charge in [0.2, 0.25) is 0 Å². The Morgan fingerprint density at radius 3 is 2.45 bits per heavy atom. The summed E-state index contributed by atoms with van der Waals surface area (Å²) in [4.78, 5) is 7.38. The van der Waals surface area contributed by atoms with E-state index in [2.05, 4.69) is 14.7 Å². The lowest BCUT2D eigenvalue weighted by Gasteiger charge is -2.08. The molecule has 0 unspecified atom stereocenters. The molecule has 0 atom stereocenters. The maximum atomic E-state index is 12.1. The Morgan fingerprint density at radius 1 is 1.00 bits per heavy atom. The van der Waals surface area contributed by atoms with Crippen LogP contribution in [-0.2, 0) is 0 Å². The Labute approximate surface area is 124 Å². The molecular weight excluding hydrogens is 293 g/mol. The smallest absolute Gasteiger partial charge is 0.406 e. The number of alkyl halides is 3. The summed E-state index contributed by atoms with van der Waals surface area (Å²) in [5, 5.41) is 1.03. The molecule has 0 fully saturated rings. The Morgan fingerprint density at radius 2 is 1.73 bits per heavy atom. The molecule has 0 radical (unpaired) electrons. The molecule has 22 heavy (non-hydrogen) atoms. The largest absolute Gasteiger partial charge is 0.573 e. The summed E-state index contributed by atoms with van der Waals surface area (Å²) < 4.78 is 40.0. The van der Waals surface area contributed by atoms with Crippen LogP contribution in [0.5, 0.6) is 5.75 Å². The Balaban J connectivity index is 1.78. The Kier molecular flexibility index (Phi) is 3.58. The third kappa shape index (κ3) is 3.28. The number of H-pyrrole nitrogens is 1. The first kappa shape index (κ1) is 14.2. The second kappa shape index (κ2) is 5.55. The van der Waals surface area contributed by atoms with Crippen LogP contribution in [-0.4, -0.2) is 17.6 Å². The zero-order valence-electron chi connectivity index (χ0n) is 11.3. The first-order chi connectivity index (χ1) is 10.5. The number of fused-ring (bicyclic) bond motifs is 1. The van der Waals surface area contributed by atoms with Crippen LogP contribution in [0.1, 0.15) is 5.56 Å². The van der Waals surface area contributed by atoms with Gasteiger partial charge in [-0.2, -0.15) is 0 Å². The van der Waals surface area contributed by atoms with Crippen LogP contribution in [0.3, 0.4) is 0 Å². The van der Waals surface area contributed by atoms with E-state index in [1.807, 2.05) is 30.5 Å². The number of hydrogen-bond acceptors (Lipinski definition) is 2. The van der Waals surface area contributed by atoms with Crippen molar-refractivity contribution in [3.05, 3.63) is 60.3 Å². The predicted molar refractivity (Wildman–Crippen MR) is 78.7 cm³/mol. The topological polar surface area (TPSA) is 37.4 Å². The van der Waals surface area contributed by atoms with Crippen LogP contribution in [0, 0.1) is 0 Å². The van der Waals surface area contributed by atoms with Crippen LogP contribution >= 0.6 is 0 Å². The highest BCUT2D eigenvalue weighted by molar-refractivity contribution is 5.99. The second-order valence-corrected chi connectivity index (χ2v) is 4.59. The third-order valence-electron chi connectivity index (χ3n) is 3.04. The lowest BCUT2D eigenvalue weighted by Crippen LogP contribution is -2.16. The number of aromatic amines is 1. The van der Waals surface area contributed by atoms with E-state index < -0.39 is 6.36 Å². The molecule has 0 saturated carbocycles. The summed E-state index contributed by atoms with van der Waals surface area (Å²) >= 11 is 0. The lowest BCUT2D eigenvalue weighted by atomic mass is 10.2. The monoisotopic (exact) mass is 304 g/mol. The van der Waals surface area contributed by atoms with Gasteiger partial charge >= 0.3 is 6.36 Å². The minimum Gasteiger partial charge on any atom is -0.406 e. The molecule has 0 amide bonds. The molecule has 112 valence electrons. The predicted octanol–water partition coefficient (Wildman–Crippen LogP) is 4.82. The number of aromatic nitrogens is 1. The molecule has 3 rings (SSSR count). The molecule has 0 aliphatic heterocycles. The van der Waals surface area contributed by atoms with Gasteiger partial charge < -0.3 is 9.72 Å². The van der Waals surface area contributed by atoms with Crippen molar-refractivity contribution >= 4 is 22.8 Å². The highest BCUT2D eigenvalue weighted by Crippen LogP contribution is 2.25. The summed E-state index contributed by atoms with van der Waals surface area (Å²) in [6.45, 7) is 0. The van der Waals surface area contributed by atoms with E-state index in [-0.39, 0.29) is 5.75 Å². The maximum Gasteiger partial charge on any atom is 0.573 e. The molecule has 3 aromatic rings. The number of nitrogens with one attached hydrogen (secondary N) is 1. The van der Waals surface area contributed by atoms with Crippen LogP contribution in [0.15, 0.2) is 59.7 Å². The van der Waals surface area contributed by atoms with Crippen molar-refractivity contribution < 1.29 is 17.9 Å². The minimum atomic E-state index is -4.69. The first-order valence-corrected chi connectivity index (χ1v) is 6.47. The first-order valence-electron chi connectivity index (χ1n) is 6.47. The molecule has 0 bridgehead atoms. The molecule has 2 aromatic carbocycles. The molecular formula is C16H11F3N2O. The number of para-hydroxylation sites is 1. The normalized spacial score (nSPS) is 12.1. The molecule has 6 heteroatoms. The molecule has 0 spiro atoms. The van der Waals surface area contributed by atoms with E-state index in [1.54, 1.807) is 6.21 Å². The molecule has 0 saturated heterocycles. The Bertz CT molecular complexity index is 804. The van der Waals surface area contributed by atoms with E-state index in [0.717, 1.165) is 16.5 Å². The van der Waals surface area contributed by atoms with Gasteiger partial charge in [0, 0.05) is 28.9 Å². The fourth-order valence-corrected chi connectivity index (χ4v) is 2.08. The van der Waals surface area contributed by atoms with E-state index in [9.17, 15) is 13.2 Å². The molecule has 0 aliphatic rings. The highest BCUT2D eigenvalue weighted by atomic mass is 19.4. The van der Waals surface area contributed by atoms with E-state index in [4.69, 9.17) is 0 Å². The number of rotatable bonds is 3. The van der Waals surface area contributed by atoms with Gasteiger partial charge in [-0.05, 0) is 30.3 Å². The van der Waals surface area contributed by atoms with Crippen molar-refractivity contribution in [3.63, 3.8) is 0 Å². The fourth-order valence-electron chi connectivity index (χ4n) is 2.08. The van der Waals surface area contributed by atoms with Crippen molar-refractivity contribution in [2.45, 2.75) is 6.36 Å². The van der Waals surface area contributed by atoms with Crippen LogP contribution in [0.25, 0.3) is 10.9 Å². The SMILES string of the molecule is FC(F)(F)Oc1ccc(N=Cc2c[nH]c3ccccc23)cc1. The zero-order chi connectivity index (χ0) is 15.6. The van der Waals surface area contributed by atoms with Crippen LogP contribution in [0.4, 0.5) is 18.9 Å². The van der Waals surface area contributed by atoms with Gasteiger partial charge in [0.25, 0.3) is 0 Å². The molecule has 1 aromatic heterocycles. The number of nitrogens with zero attached hydrogens (tertiary/aromatic N) is 1. The van der Waals surface area contributed by atoms with Crippen molar-refractivity contribution in [1.29, 1.82) is 0 Å². The van der Waals surface area contributed by atoms with Gasteiger partial charge in [-0.1, -0.05) is 18.2 Å². The van der Waals surface area contributed by atoms with Crippen molar-refractivity contribution in [2.24, 2.45) is 4.99 Å². The summed E-state index contributed by atoms with van der Waals surface area (Å²) in [5.41, 5.74) is 2.45. The van der Waals surface area contributed by atoms with E-state index in [0.29, 0.717) is 5.69 Å². The quantitative estimate of drug-likeness (QED) is 0.692. The Hall–Kier alpha value is -2.76. The summed E-state index contributed by atoms with van der Waals surface area (Å²) in [7, 11) is 0. The van der Waals surface area contributed by atoms with E-state index >= 15 is 0 Å².